The van der Waals surface area contributed by atoms with E-state index in [4.69, 9.17) is 10.00 Å². The maximum Gasteiger partial charge on any atom is 0.244 e. The van der Waals surface area contributed by atoms with Gasteiger partial charge in [-0.05, 0) is 30.7 Å². The molecule has 1 saturated heterocycles. The van der Waals surface area contributed by atoms with Crippen molar-refractivity contribution in [3.05, 3.63) is 42.1 Å². The van der Waals surface area contributed by atoms with E-state index in [1.54, 1.807) is 41.2 Å². The average Bonchev–Trinajstić information content (AvgIpc) is 3.26. The zero-order valence-electron chi connectivity index (χ0n) is 13.2. The minimum absolute atomic E-state index is 0.142. The van der Waals surface area contributed by atoms with E-state index in [0.717, 1.165) is 31.9 Å². The molecule has 1 aliphatic heterocycles. The molecule has 7 nitrogen and oxygen atoms in total. The summed E-state index contributed by atoms with van der Waals surface area (Å²) >= 11 is 0. The van der Waals surface area contributed by atoms with Crippen LogP contribution >= 0.6 is 0 Å². The highest BCUT2D eigenvalue weighted by atomic mass is 16.5. The summed E-state index contributed by atoms with van der Waals surface area (Å²) in [4.78, 5) is 12.1. The summed E-state index contributed by atoms with van der Waals surface area (Å²) in [6, 6.07) is 10.8. The summed E-state index contributed by atoms with van der Waals surface area (Å²) in [5.74, 6) is 0.981. The van der Waals surface area contributed by atoms with Crippen LogP contribution in [0.15, 0.2) is 36.5 Å². The molecule has 2 aromatic rings. The van der Waals surface area contributed by atoms with Crippen molar-refractivity contribution in [3.8, 4) is 6.07 Å². The number of nitriles is 1. The number of hydrogen-bond acceptors (Lipinski definition) is 5. The molecule has 3 rings (SSSR count). The van der Waals surface area contributed by atoms with Crippen molar-refractivity contribution in [1.29, 1.82) is 5.26 Å². The lowest BCUT2D eigenvalue weighted by atomic mass is 10.1. The van der Waals surface area contributed by atoms with E-state index in [9.17, 15) is 4.79 Å². The monoisotopic (exact) mass is 325 g/mol. The van der Waals surface area contributed by atoms with E-state index in [1.165, 1.54) is 0 Å². The van der Waals surface area contributed by atoms with Crippen molar-refractivity contribution in [2.45, 2.75) is 13.0 Å². The van der Waals surface area contributed by atoms with Gasteiger partial charge in [-0.1, -0.05) is 0 Å². The molecular weight excluding hydrogens is 306 g/mol. The van der Waals surface area contributed by atoms with Gasteiger partial charge in [0, 0.05) is 30.8 Å². The minimum atomic E-state index is -0.149. The standard InChI is InChI=1S/C17H19N5O2/c18-9-13-1-3-15(4-2-13)19-10-17(23)21-16-5-7-20-22(16)11-14-6-8-24-12-14/h1-5,7,14,19H,6,8,10-12H2,(H,21,23)/t14-/m0/s1. The van der Waals surface area contributed by atoms with E-state index in [1.807, 2.05) is 0 Å². The van der Waals surface area contributed by atoms with E-state index in [-0.39, 0.29) is 12.5 Å². The van der Waals surface area contributed by atoms with Crippen LogP contribution < -0.4 is 10.6 Å². The van der Waals surface area contributed by atoms with Crippen LogP contribution in [0.25, 0.3) is 0 Å². The van der Waals surface area contributed by atoms with Gasteiger partial charge in [-0.15, -0.1) is 0 Å². The molecule has 2 N–H and O–H groups in total. The first kappa shape index (κ1) is 16.0. The van der Waals surface area contributed by atoms with Crippen LogP contribution in [0.2, 0.25) is 0 Å². The van der Waals surface area contributed by atoms with Gasteiger partial charge < -0.3 is 15.4 Å². The molecule has 7 heteroatoms. The fourth-order valence-corrected chi connectivity index (χ4v) is 2.59. The van der Waals surface area contributed by atoms with E-state index in [2.05, 4.69) is 21.8 Å². The van der Waals surface area contributed by atoms with Gasteiger partial charge >= 0.3 is 0 Å². The van der Waals surface area contributed by atoms with E-state index >= 15 is 0 Å². The van der Waals surface area contributed by atoms with Gasteiger partial charge in [-0.25, -0.2) is 4.68 Å². The molecule has 1 aliphatic rings. The molecule has 124 valence electrons. The Balaban J connectivity index is 1.51. The number of carbonyl (C=O) groups excluding carboxylic acids is 1. The summed E-state index contributed by atoms with van der Waals surface area (Å²) in [5.41, 5.74) is 1.38. The third kappa shape index (κ3) is 4.12. The Bertz CT molecular complexity index is 726. The van der Waals surface area contributed by atoms with Crippen LogP contribution in [-0.4, -0.2) is 35.4 Å². The Morgan fingerprint density at radius 2 is 2.21 bits per heavy atom. The van der Waals surface area contributed by atoms with Gasteiger partial charge in [-0.2, -0.15) is 10.4 Å². The molecule has 0 saturated carbocycles. The highest BCUT2D eigenvalue weighted by Crippen LogP contribution is 2.17. The first-order valence-corrected chi connectivity index (χ1v) is 7.88. The molecular formula is C17H19N5O2. The second-order valence-electron chi connectivity index (χ2n) is 5.72. The zero-order valence-corrected chi connectivity index (χ0v) is 13.2. The van der Waals surface area contributed by atoms with Crippen molar-refractivity contribution in [3.63, 3.8) is 0 Å². The highest BCUT2D eigenvalue weighted by molar-refractivity contribution is 5.93. The molecule has 2 heterocycles. The maximum absolute atomic E-state index is 12.1. The third-order valence-corrected chi connectivity index (χ3v) is 3.91. The second-order valence-corrected chi connectivity index (χ2v) is 5.72. The normalized spacial score (nSPS) is 16.5. The minimum Gasteiger partial charge on any atom is -0.381 e. The molecule has 0 bridgehead atoms. The molecule has 1 atom stereocenters. The smallest absolute Gasteiger partial charge is 0.244 e. The van der Waals surface area contributed by atoms with Gasteiger partial charge in [0.2, 0.25) is 5.91 Å². The number of amides is 1. The highest BCUT2D eigenvalue weighted by Gasteiger charge is 2.18. The summed E-state index contributed by atoms with van der Waals surface area (Å²) in [6.07, 6.45) is 2.70. The zero-order chi connectivity index (χ0) is 16.8. The lowest BCUT2D eigenvalue weighted by molar-refractivity contribution is -0.114. The summed E-state index contributed by atoms with van der Waals surface area (Å²) < 4.78 is 7.18. The Hall–Kier alpha value is -2.85. The van der Waals surface area contributed by atoms with Crippen LogP contribution in [0, 0.1) is 17.2 Å². The lowest BCUT2D eigenvalue weighted by Crippen LogP contribution is -2.24. The summed E-state index contributed by atoms with van der Waals surface area (Å²) in [7, 11) is 0. The lowest BCUT2D eigenvalue weighted by Gasteiger charge is -2.12. The summed E-state index contributed by atoms with van der Waals surface area (Å²) in [6.45, 7) is 2.42. The molecule has 24 heavy (non-hydrogen) atoms. The van der Waals surface area contributed by atoms with Gasteiger partial charge in [0.25, 0.3) is 0 Å². The van der Waals surface area contributed by atoms with Crippen molar-refractivity contribution < 1.29 is 9.53 Å². The van der Waals surface area contributed by atoms with Gasteiger partial charge in [0.15, 0.2) is 0 Å². The molecule has 0 radical (unpaired) electrons. The number of carbonyl (C=O) groups is 1. The number of aromatic nitrogens is 2. The van der Waals surface area contributed by atoms with Crippen LogP contribution in [0.3, 0.4) is 0 Å². The van der Waals surface area contributed by atoms with Gasteiger partial charge in [0.05, 0.1) is 31.0 Å². The predicted molar refractivity (Wildman–Crippen MR) is 89.4 cm³/mol. The fraction of sp³-hybridized carbons (Fsp3) is 0.353. The van der Waals surface area contributed by atoms with Crippen LogP contribution in [-0.2, 0) is 16.1 Å². The quantitative estimate of drug-likeness (QED) is 0.845. The number of nitrogens with one attached hydrogen (secondary N) is 2. The second kappa shape index (κ2) is 7.62. The molecule has 0 unspecified atom stereocenters. The topological polar surface area (TPSA) is 92.0 Å². The first-order chi connectivity index (χ1) is 11.7. The largest absolute Gasteiger partial charge is 0.381 e. The van der Waals surface area contributed by atoms with Crippen LogP contribution in [0.5, 0.6) is 0 Å². The first-order valence-electron chi connectivity index (χ1n) is 7.88. The molecule has 1 fully saturated rings. The Labute approximate surface area is 140 Å². The molecule has 1 aromatic carbocycles. The average molecular weight is 325 g/mol. The fourth-order valence-electron chi connectivity index (χ4n) is 2.59. The Morgan fingerprint density at radius 3 is 2.92 bits per heavy atom. The van der Waals surface area contributed by atoms with Gasteiger partial charge in [0.1, 0.15) is 5.82 Å². The van der Waals surface area contributed by atoms with Crippen molar-refractivity contribution in [2.24, 2.45) is 5.92 Å². The number of rotatable bonds is 6. The number of ether oxygens (including phenoxy) is 1. The number of nitrogens with zero attached hydrogens (tertiary/aromatic N) is 3. The molecule has 1 amide bonds. The number of anilines is 2. The summed E-state index contributed by atoms with van der Waals surface area (Å²) in [5, 5.41) is 18.9. The molecule has 0 spiro atoms. The third-order valence-electron chi connectivity index (χ3n) is 3.91. The maximum atomic E-state index is 12.1. The predicted octanol–water partition coefficient (Wildman–Crippen LogP) is 1.84. The van der Waals surface area contributed by atoms with E-state index < -0.39 is 0 Å². The molecule has 0 aliphatic carbocycles. The number of benzene rings is 1. The number of hydrogen-bond donors (Lipinski definition) is 2. The van der Waals surface area contributed by atoms with Crippen LogP contribution in [0.4, 0.5) is 11.5 Å². The van der Waals surface area contributed by atoms with E-state index in [0.29, 0.717) is 17.3 Å². The van der Waals surface area contributed by atoms with Crippen molar-refractivity contribution in [2.75, 3.05) is 30.4 Å². The SMILES string of the molecule is N#Cc1ccc(NCC(=O)Nc2ccnn2C[C@@H]2CCOC2)cc1. The van der Waals surface area contributed by atoms with Crippen molar-refractivity contribution in [1.82, 2.24) is 9.78 Å². The van der Waals surface area contributed by atoms with Crippen molar-refractivity contribution >= 4 is 17.4 Å². The Morgan fingerprint density at radius 1 is 1.38 bits per heavy atom. The Kier molecular flexibility index (Phi) is 5.08. The molecule has 1 aromatic heterocycles. The van der Waals surface area contributed by atoms with Gasteiger partial charge in [-0.3, -0.25) is 4.79 Å². The van der Waals surface area contributed by atoms with Crippen LogP contribution in [0.1, 0.15) is 12.0 Å².